The first-order valence-corrected chi connectivity index (χ1v) is 9.60. The smallest absolute Gasteiger partial charge is 0.335 e. The van der Waals surface area contributed by atoms with Crippen LogP contribution in [0.4, 0.5) is 0 Å². The van der Waals surface area contributed by atoms with Crippen LogP contribution in [0.1, 0.15) is 64.3 Å². The molecule has 1 aliphatic rings. The quantitative estimate of drug-likeness (QED) is 0.540. The third-order valence-electron chi connectivity index (χ3n) is 5.51. The summed E-state index contributed by atoms with van der Waals surface area (Å²) in [5.41, 5.74) is 4.47. The highest BCUT2D eigenvalue weighted by Gasteiger charge is 2.25. The van der Waals surface area contributed by atoms with E-state index in [-0.39, 0.29) is 5.56 Å². The van der Waals surface area contributed by atoms with Gasteiger partial charge in [0, 0.05) is 27.1 Å². The molecule has 1 saturated carbocycles. The van der Waals surface area contributed by atoms with Gasteiger partial charge in [0.15, 0.2) is 6.29 Å². The zero-order valence-corrected chi connectivity index (χ0v) is 15.6. The average molecular weight is 382 g/mol. The fraction of sp³-hybridized carbons (Fsp3) is 0.273. The number of aromatic nitrogens is 1. The monoisotopic (exact) mass is 381 g/mol. The van der Waals surface area contributed by atoms with Crippen molar-refractivity contribution < 1.29 is 14.7 Å². The number of rotatable bonds is 4. The van der Waals surface area contributed by atoms with Crippen molar-refractivity contribution >= 4 is 34.8 Å². The standard InChI is InChI=1S/C22H20ClNO3/c23-16-7-9-17(15(10-16)12-25)21-20(13-4-2-1-3-5-13)18-8-6-14(22(26)27)11-19(18)24-21/h6-13,24H,1-5H2,(H,26,27). The van der Waals surface area contributed by atoms with Crippen molar-refractivity contribution in [2.75, 3.05) is 0 Å². The minimum atomic E-state index is -0.952. The molecule has 0 aliphatic heterocycles. The Morgan fingerprint density at radius 2 is 1.89 bits per heavy atom. The van der Waals surface area contributed by atoms with E-state index < -0.39 is 5.97 Å². The minimum Gasteiger partial charge on any atom is -0.478 e. The number of fused-ring (bicyclic) bond motifs is 1. The van der Waals surface area contributed by atoms with E-state index in [0.29, 0.717) is 16.5 Å². The lowest BCUT2D eigenvalue weighted by molar-refractivity contribution is 0.0697. The van der Waals surface area contributed by atoms with Gasteiger partial charge in [0.05, 0.1) is 11.3 Å². The highest BCUT2D eigenvalue weighted by molar-refractivity contribution is 6.31. The van der Waals surface area contributed by atoms with Crippen LogP contribution < -0.4 is 0 Å². The molecule has 0 spiro atoms. The molecule has 0 atom stereocenters. The van der Waals surface area contributed by atoms with Gasteiger partial charge in [0.25, 0.3) is 0 Å². The molecule has 1 fully saturated rings. The third kappa shape index (κ3) is 3.26. The number of nitrogens with one attached hydrogen (secondary N) is 1. The number of carboxylic acids is 1. The summed E-state index contributed by atoms with van der Waals surface area (Å²) < 4.78 is 0. The van der Waals surface area contributed by atoms with Gasteiger partial charge in [-0.1, -0.05) is 43.0 Å². The fourth-order valence-electron chi connectivity index (χ4n) is 4.24. The molecule has 3 aromatic rings. The van der Waals surface area contributed by atoms with Crippen molar-refractivity contribution in [3.8, 4) is 11.3 Å². The van der Waals surface area contributed by atoms with Crippen LogP contribution in [-0.4, -0.2) is 22.3 Å². The van der Waals surface area contributed by atoms with Crippen LogP contribution in [0.25, 0.3) is 22.2 Å². The second kappa shape index (κ2) is 7.20. The molecular formula is C22H20ClNO3. The summed E-state index contributed by atoms with van der Waals surface area (Å²) in [7, 11) is 0. The van der Waals surface area contributed by atoms with E-state index >= 15 is 0 Å². The predicted octanol–water partition coefficient (Wildman–Crippen LogP) is 6.05. The van der Waals surface area contributed by atoms with E-state index in [1.807, 2.05) is 12.1 Å². The molecule has 1 aliphatic carbocycles. The van der Waals surface area contributed by atoms with Gasteiger partial charge in [0.2, 0.25) is 0 Å². The van der Waals surface area contributed by atoms with Gasteiger partial charge in [-0.2, -0.15) is 0 Å². The van der Waals surface area contributed by atoms with Gasteiger partial charge in [-0.05, 0) is 48.6 Å². The Morgan fingerprint density at radius 3 is 2.59 bits per heavy atom. The molecule has 5 heteroatoms. The summed E-state index contributed by atoms with van der Waals surface area (Å²) in [6.45, 7) is 0. The molecule has 0 unspecified atom stereocenters. The van der Waals surface area contributed by atoms with Crippen molar-refractivity contribution in [2.45, 2.75) is 38.0 Å². The molecule has 138 valence electrons. The molecule has 4 rings (SSSR count). The third-order valence-corrected chi connectivity index (χ3v) is 5.74. The van der Waals surface area contributed by atoms with Crippen molar-refractivity contribution in [3.05, 3.63) is 58.1 Å². The van der Waals surface area contributed by atoms with Crippen LogP contribution in [0.5, 0.6) is 0 Å². The van der Waals surface area contributed by atoms with Crippen LogP contribution in [0.15, 0.2) is 36.4 Å². The van der Waals surface area contributed by atoms with E-state index in [1.165, 1.54) is 24.8 Å². The summed E-state index contributed by atoms with van der Waals surface area (Å²) >= 11 is 6.07. The van der Waals surface area contributed by atoms with Crippen LogP contribution >= 0.6 is 11.6 Å². The van der Waals surface area contributed by atoms with E-state index in [1.54, 1.807) is 24.3 Å². The number of hydrogen-bond acceptors (Lipinski definition) is 2. The number of hydrogen-bond donors (Lipinski definition) is 2. The molecule has 0 saturated heterocycles. The Labute approximate surface area is 162 Å². The molecule has 0 amide bonds. The predicted molar refractivity (Wildman–Crippen MR) is 107 cm³/mol. The fourth-order valence-corrected chi connectivity index (χ4v) is 4.42. The number of carbonyl (C=O) groups excluding carboxylic acids is 1. The lowest BCUT2D eigenvalue weighted by Crippen LogP contribution is -2.06. The van der Waals surface area contributed by atoms with Crippen molar-refractivity contribution in [2.24, 2.45) is 0 Å². The van der Waals surface area contributed by atoms with Crippen molar-refractivity contribution in [3.63, 3.8) is 0 Å². The summed E-state index contributed by atoms with van der Waals surface area (Å²) in [4.78, 5) is 26.4. The first-order chi connectivity index (χ1) is 13.1. The van der Waals surface area contributed by atoms with Gasteiger partial charge < -0.3 is 10.1 Å². The number of carbonyl (C=O) groups is 2. The number of H-pyrrole nitrogens is 1. The zero-order chi connectivity index (χ0) is 19.0. The Balaban J connectivity index is 1.97. The van der Waals surface area contributed by atoms with Crippen LogP contribution in [0.2, 0.25) is 5.02 Å². The van der Waals surface area contributed by atoms with Gasteiger partial charge in [-0.3, -0.25) is 4.79 Å². The first kappa shape index (κ1) is 17.8. The second-order valence-corrected chi connectivity index (χ2v) is 7.60. The van der Waals surface area contributed by atoms with E-state index in [2.05, 4.69) is 4.98 Å². The van der Waals surface area contributed by atoms with Gasteiger partial charge in [0.1, 0.15) is 0 Å². The van der Waals surface area contributed by atoms with Crippen molar-refractivity contribution in [1.82, 2.24) is 4.98 Å². The molecule has 1 aromatic heterocycles. The largest absolute Gasteiger partial charge is 0.478 e. The molecule has 2 N–H and O–H groups in total. The number of aromatic carboxylic acids is 1. The summed E-state index contributed by atoms with van der Waals surface area (Å²) in [5, 5.41) is 10.9. The van der Waals surface area contributed by atoms with Crippen LogP contribution in [0.3, 0.4) is 0 Å². The van der Waals surface area contributed by atoms with Gasteiger partial charge >= 0.3 is 5.97 Å². The Hall–Kier alpha value is -2.59. The molecule has 0 bridgehead atoms. The second-order valence-electron chi connectivity index (χ2n) is 7.16. The Kier molecular flexibility index (Phi) is 4.75. The molecule has 27 heavy (non-hydrogen) atoms. The van der Waals surface area contributed by atoms with E-state index in [4.69, 9.17) is 11.6 Å². The maximum atomic E-state index is 11.6. The highest BCUT2D eigenvalue weighted by Crippen LogP contribution is 2.43. The Morgan fingerprint density at radius 1 is 1.11 bits per heavy atom. The van der Waals surface area contributed by atoms with E-state index in [9.17, 15) is 14.7 Å². The molecule has 2 aromatic carbocycles. The maximum absolute atomic E-state index is 11.6. The SMILES string of the molecule is O=Cc1cc(Cl)ccc1-c1[nH]c2cc(C(=O)O)ccc2c1C1CCCCC1. The topological polar surface area (TPSA) is 70.2 Å². The number of carboxylic acid groups (broad SMARTS) is 1. The number of aldehydes is 1. The maximum Gasteiger partial charge on any atom is 0.335 e. The van der Waals surface area contributed by atoms with Gasteiger partial charge in [-0.15, -0.1) is 0 Å². The molecule has 1 heterocycles. The summed E-state index contributed by atoms with van der Waals surface area (Å²) in [5.74, 6) is -0.555. The van der Waals surface area contributed by atoms with Gasteiger partial charge in [-0.25, -0.2) is 4.79 Å². The highest BCUT2D eigenvalue weighted by atomic mass is 35.5. The van der Waals surface area contributed by atoms with E-state index in [0.717, 1.165) is 41.3 Å². The van der Waals surface area contributed by atoms with Crippen molar-refractivity contribution in [1.29, 1.82) is 0 Å². The number of halogens is 1. The molecular weight excluding hydrogens is 362 g/mol. The zero-order valence-electron chi connectivity index (χ0n) is 14.8. The normalized spacial score (nSPS) is 15.1. The average Bonchev–Trinajstić information content (AvgIpc) is 3.06. The van der Waals surface area contributed by atoms with Crippen LogP contribution in [0, 0.1) is 0 Å². The lowest BCUT2D eigenvalue weighted by atomic mass is 9.81. The molecule has 0 radical (unpaired) electrons. The minimum absolute atomic E-state index is 0.247. The number of aromatic amines is 1. The first-order valence-electron chi connectivity index (χ1n) is 9.22. The van der Waals surface area contributed by atoms with Crippen LogP contribution in [-0.2, 0) is 0 Å². The lowest BCUT2D eigenvalue weighted by Gasteiger charge is -2.23. The summed E-state index contributed by atoms with van der Waals surface area (Å²) in [6.07, 6.45) is 6.64. The number of benzene rings is 2. The summed E-state index contributed by atoms with van der Waals surface area (Å²) in [6, 6.07) is 10.5. The molecule has 4 nitrogen and oxygen atoms in total. The Bertz CT molecular complexity index is 1030.